The van der Waals surface area contributed by atoms with Gasteiger partial charge in [-0.3, -0.25) is 9.78 Å². The number of aryl methyl sites for hydroxylation is 1. The van der Waals surface area contributed by atoms with Gasteiger partial charge in [-0.15, -0.1) is 0 Å². The molecule has 8 nitrogen and oxygen atoms in total. The molecule has 0 aliphatic heterocycles. The Bertz CT molecular complexity index is 1210. The molecule has 134 valence electrons. The molecular formula is C19H14N4O4. The van der Waals surface area contributed by atoms with Crippen molar-refractivity contribution in [2.45, 2.75) is 6.92 Å². The molecule has 0 atom stereocenters. The number of carboxylic acid groups (broad SMARTS) is 1. The zero-order chi connectivity index (χ0) is 19.0. The number of hydrogen-bond donors (Lipinski definition) is 2. The zero-order valence-electron chi connectivity index (χ0n) is 14.2. The van der Waals surface area contributed by atoms with Gasteiger partial charge in [0.15, 0.2) is 0 Å². The molecular weight excluding hydrogens is 348 g/mol. The van der Waals surface area contributed by atoms with E-state index in [1.165, 1.54) is 17.1 Å². The van der Waals surface area contributed by atoms with Crippen LogP contribution in [0.5, 0.6) is 11.5 Å². The largest absolute Gasteiger partial charge is 0.478 e. The summed E-state index contributed by atoms with van der Waals surface area (Å²) in [5.41, 5.74) is 1.19. The number of carbonyl (C=O) groups is 1. The molecule has 0 saturated carbocycles. The third-order valence-corrected chi connectivity index (χ3v) is 3.97. The molecule has 0 fully saturated rings. The Kier molecular flexibility index (Phi) is 3.92. The van der Waals surface area contributed by atoms with Crippen molar-refractivity contribution in [2.24, 2.45) is 0 Å². The molecule has 0 radical (unpaired) electrons. The monoisotopic (exact) mass is 362 g/mol. The highest BCUT2D eigenvalue weighted by Crippen LogP contribution is 2.24. The maximum absolute atomic E-state index is 12.5. The fourth-order valence-electron chi connectivity index (χ4n) is 2.57. The lowest BCUT2D eigenvalue weighted by atomic mass is 10.2. The smallest absolute Gasteiger partial charge is 0.338 e. The van der Waals surface area contributed by atoms with Gasteiger partial charge in [-0.25, -0.2) is 14.5 Å². The number of hydrogen-bond acceptors (Lipinski definition) is 5. The van der Waals surface area contributed by atoms with Gasteiger partial charge in [-0.1, -0.05) is 17.7 Å². The molecule has 0 saturated heterocycles. The van der Waals surface area contributed by atoms with E-state index < -0.39 is 5.97 Å². The van der Waals surface area contributed by atoms with Crippen molar-refractivity contribution in [1.82, 2.24) is 19.7 Å². The zero-order valence-corrected chi connectivity index (χ0v) is 14.2. The van der Waals surface area contributed by atoms with E-state index >= 15 is 0 Å². The minimum absolute atomic E-state index is 0.000378. The first-order chi connectivity index (χ1) is 13.0. The summed E-state index contributed by atoms with van der Waals surface area (Å²) in [6.07, 6.45) is 2.46. The summed E-state index contributed by atoms with van der Waals surface area (Å²) in [6, 6.07) is 12.6. The van der Waals surface area contributed by atoms with E-state index in [1.54, 1.807) is 18.2 Å². The van der Waals surface area contributed by atoms with Crippen LogP contribution in [-0.2, 0) is 0 Å². The quantitative estimate of drug-likeness (QED) is 0.578. The second-order valence-corrected chi connectivity index (χ2v) is 5.96. The second-order valence-electron chi connectivity index (χ2n) is 5.96. The molecule has 0 bridgehead atoms. The Morgan fingerprint density at radius 1 is 1.15 bits per heavy atom. The number of H-pyrrole nitrogens is 1. The SMILES string of the molecule is Cc1ccc(Oc2ccc3nc(-n4cc(C(=O)O)cn4)[nH]c(=O)c3c2)cc1. The average molecular weight is 362 g/mol. The van der Waals surface area contributed by atoms with Crippen LogP contribution in [0.2, 0.25) is 0 Å². The van der Waals surface area contributed by atoms with Gasteiger partial charge in [0.25, 0.3) is 5.56 Å². The van der Waals surface area contributed by atoms with Gasteiger partial charge in [0.05, 0.1) is 22.7 Å². The Morgan fingerprint density at radius 3 is 2.59 bits per heavy atom. The molecule has 2 N–H and O–H groups in total. The molecule has 4 rings (SSSR count). The molecule has 0 aliphatic rings. The van der Waals surface area contributed by atoms with Crippen LogP contribution in [0.4, 0.5) is 0 Å². The summed E-state index contributed by atoms with van der Waals surface area (Å²) in [4.78, 5) is 30.4. The molecule has 0 amide bonds. The van der Waals surface area contributed by atoms with Crippen molar-refractivity contribution < 1.29 is 14.6 Å². The number of fused-ring (bicyclic) bond motifs is 1. The lowest BCUT2D eigenvalue weighted by Crippen LogP contribution is -2.14. The van der Waals surface area contributed by atoms with Gasteiger partial charge in [-0.2, -0.15) is 5.10 Å². The molecule has 0 unspecified atom stereocenters. The van der Waals surface area contributed by atoms with Crippen molar-refractivity contribution in [1.29, 1.82) is 0 Å². The van der Waals surface area contributed by atoms with Gasteiger partial charge >= 0.3 is 5.97 Å². The second kappa shape index (κ2) is 6.41. The number of nitrogens with zero attached hydrogens (tertiary/aromatic N) is 3. The van der Waals surface area contributed by atoms with E-state index in [4.69, 9.17) is 9.84 Å². The molecule has 2 aromatic heterocycles. The van der Waals surface area contributed by atoms with E-state index in [1.807, 2.05) is 31.2 Å². The van der Waals surface area contributed by atoms with Crippen molar-refractivity contribution >= 4 is 16.9 Å². The number of nitrogens with one attached hydrogen (secondary N) is 1. The highest BCUT2D eigenvalue weighted by atomic mass is 16.5. The standard InChI is InChI=1S/C19H14N4O4/c1-11-2-4-13(5-3-11)27-14-6-7-16-15(8-14)17(24)22-19(21-16)23-10-12(9-20-23)18(25)26/h2-10H,1H3,(H,25,26)(H,21,22,24). The van der Waals surface area contributed by atoms with Crippen LogP contribution in [0, 0.1) is 6.92 Å². The summed E-state index contributed by atoms with van der Waals surface area (Å²) in [5, 5.41) is 13.2. The van der Waals surface area contributed by atoms with E-state index in [2.05, 4.69) is 15.1 Å². The van der Waals surface area contributed by atoms with Gasteiger partial charge in [0, 0.05) is 6.20 Å². The average Bonchev–Trinajstić information content (AvgIpc) is 3.14. The van der Waals surface area contributed by atoms with Crippen molar-refractivity contribution in [3.63, 3.8) is 0 Å². The van der Waals surface area contributed by atoms with Crippen LogP contribution < -0.4 is 10.3 Å². The van der Waals surface area contributed by atoms with Gasteiger partial charge in [0.2, 0.25) is 5.95 Å². The third-order valence-electron chi connectivity index (χ3n) is 3.97. The van der Waals surface area contributed by atoms with E-state index in [0.717, 1.165) is 5.56 Å². The molecule has 0 spiro atoms. The molecule has 2 heterocycles. The molecule has 0 aliphatic carbocycles. The normalized spacial score (nSPS) is 10.9. The van der Waals surface area contributed by atoms with Gasteiger partial charge in [-0.05, 0) is 37.3 Å². The third kappa shape index (κ3) is 3.28. The Morgan fingerprint density at radius 2 is 1.89 bits per heavy atom. The first kappa shape index (κ1) is 16.5. The molecule has 4 aromatic rings. The van der Waals surface area contributed by atoms with Crippen LogP contribution in [0.25, 0.3) is 16.9 Å². The van der Waals surface area contributed by atoms with Crippen LogP contribution in [0.1, 0.15) is 15.9 Å². The highest BCUT2D eigenvalue weighted by molar-refractivity contribution is 5.87. The number of aromatic amines is 1. The minimum Gasteiger partial charge on any atom is -0.478 e. The topological polar surface area (TPSA) is 110 Å². The number of ether oxygens (including phenoxy) is 1. The Balaban J connectivity index is 1.70. The molecule has 8 heteroatoms. The van der Waals surface area contributed by atoms with Gasteiger partial charge in [0.1, 0.15) is 11.5 Å². The predicted molar refractivity (Wildman–Crippen MR) is 97.7 cm³/mol. The highest BCUT2D eigenvalue weighted by Gasteiger charge is 2.11. The summed E-state index contributed by atoms with van der Waals surface area (Å²) in [6.45, 7) is 1.99. The fourth-order valence-corrected chi connectivity index (χ4v) is 2.57. The maximum Gasteiger partial charge on any atom is 0.338 e. The van der Waals surface area contributed by atoms with Crippen molar-refractivity contribution in [2.75, 3.05) is 0 Å². The van der Waals surface area contributed by atoms with Crippen molar-refractivity contribution in [3.8, 4) is 17.4 Å². The van der Waals surface area contributed by atoms with E-state index in [-0.39, 0.29) is 17.1 Å². The summed E-state index contributed by atoms with van der Waals surface area (Å²) < 4.78 is 6.99. The van der Waals surface area contributed by atoms with Gasteiger partial charge < -0.3 is 9.84 Å². The Hall–Kier alpha value is -3.94. The number of benzene rings is 2. The van der Waals surface area contributed by atoms with Crippen molar-refractivity contribution in [3.05, 3.63) is 76.3 Å². The molecule has 2 aromatic carbocycles. The summed E-state index contributed by atoms with van der Waals surface area (Å²) >= 11 is 0. The number of aromatic carboxylic acids is 1. The number of aromatic nitrogens is 4. The van der Waals surface area contributed by atoms with E-state index in [0.29, 0.717) is 22.4 Å². The molecule has 27 heavy (non-hydrogen) atoms. The predicted octanol–water partition coefficient (Wildman–Crippen LogP) is 2.91. The van der Waals surface area contributed by atoms with Crippen LogP contribution >= 0.6 is 0 Å². The Labute approximate surface area is 152 Å². The number of rotatable bonds is 4. The number of carboxylic acids is 1. The fraction of sp³-hybridized carbons (Fsp3) is 0.0526. The first-order valence-corrected chi connectivity index (χ1v) is 8.06. The lowest BCUT2D eigenvalue weighted by Gasteiger charge is -2.07. The van der Waals surface area contributed by atoms with Crippen LogP contribution in [0.3, 0.4) is 0 Å². The lowest BCUT2D eigenvalue weighted by molar-refractivity contribution is 0.0697. The van der Waals surface area contributed by atoms with E-state index in [9.17, 15) is 9.59 Å². The summed E-state index contributed by atoms with van der Waals surface area (Å²) in [7, 11) is 0. The summed E-state index contributed by atoms with van der Waals surface area (Å²) in [5.74, 6) is 0.201. The van der Waals surface area contributed by atoms with Crippen LogP contribution in [-0.4, -0.2) is 30.8 Å². The maximum atomic E-state index is 12.5. The minimum atomic E-state index is -1.11. The van der Waals surface area contributed by atoms with Crippen LogP contribution in [0.15, 0.2) is 59.7 Å². The first-order valence-electron chi connectivity index (χ1n) is 8.06.